The fourth-order valence-corrected chi connectivity index (χ4v) is 4.73. The molecular weight excluding hydrogens is 440 g/mol. The number of carboxylic acid groups (broad SMARTS) is 1. The lowest BCUT2D eigenvalue weighted by Gasteiger charge is -2.28. The van der Waals surface area contributed by atoms with Crippen molar-refractivity contribution in [3.8, 4) is 11.1 Å². The first-order valence-electron chi connectivity index (χ1n) is 11.2. The molecule has 0 saturated heterocycles. The zero-order valence-electron chi connectivity index (χ0n) is 19.1. The molecule has 0 bridgehead atoms. The number of Topliss-reactive ketones (excluding diaryl/α,β-unsaturated/α-hetero) is 1. The number of rotatable bonds is 6. The number of ketones is 1. The van der Waals surface area contributed by atoms with Gasteiger partial charge in [-0.3, -0.25) is 9.78 Å². The molecule has 0 atom stereocenters. The van der Waals surface area contributed by atoms with Crippen LogP contribution in [0.3, 0.4) is 0 Å². The summed E-state index contributed by atoms with van der Waals surface area (Å²) < 4.78 is 29.3. The van der Waals surface area contributed by atoms with Crippen LogP contribution in [0.2, 0.25) is 0 Å². The smallest absolute Gasteiger partial charge is 0.335 e. The van der Waals surface area contributed by atoms with E-state index in [-0.39, 0.29) is 30.1 Å². The molecule has 3 aromatic rings. The Balaban J connectivity index is 1.81. The van der Waals surface area contributed by atoms with Gasteiger partial charge in [0.1, 0.15) is 0 Å². The molecule has 1 aromatic carbocycles. The third kappa shape index (κ3) is 4.71. The van der Waals surface area contributed by atoms with Crippen molar-refractivity contribution in [2.45, 2.75) is 52.0 Å². The maximum atomic E-state index is 13.7. The van der Waals surface area contributed by atoms with E-state index in [1.807, 2.05) is 16.8 Å². The number of hydrogen-bond donors (Lipinski definition) is 2. The summed E-state index contributed by atoms with van der Waals surface area (Å²) in [5, 5.41) is 9.20. The lowest BCUT2D eigenvalue weighted by molar-refractivity contribution is -0.111. The third-order valence-electron chi connectivity index (χ3n) is 6.49. The SMILES string of the molecule is CC(=O)/C(=C(/C)N)c1cnc2c(-c3ccc(C(=O)O)cc3)cn(CC3CCC(F)(F)CC3)c2c1. The Morgan fingerprint density at radius 2 is 1.79 bits per heavy atom. The standard InChI is InChI=1S/C26H27F2N3O3/c1-15(29)23(16(2)32)20-11-22-24(30-12-20)21(18-3-5-19(6-4-18)25(33)34)14-31(22)13-17-7-9-26(27,28)10-8-17/h3-6,11-12,14,17H,7-10,13,29H2,1-2H3,(H,33,34)/b23-15+. The molecule has 0 spiro atoms. The lowest BCUT2D eigenvalue weighted by atomic mass is 9.87. The highest BCUT2D eigenvalue weighted by molar-refractivity contribution is 6.20. The van der Waals surface area contributed by atoms with Crippen LogP contribution in [-0.2, 0) is 11.3 Å². The molecule has 1 aliphatic carbocycles. The van der Waals surface area contributed by atoms with Gasteiger partial charge in [0, 0.05) is 54.2 Å². The quantitative estimate of drug-likeness (QED) is 0.466. The van der Waals surface area contributed by atoms with E-state index in [0.29, 0.717) is 41.7 Å². The van der Waals surface area contributed by atoms with Crippen molar-refractivity contribution in [3.05, 3.63) is 59.5 Å². The zero-order valence-corrected chi connectivity index (χ0v) is 19.1. The highest BCUT2D eigenvalue weighted by atomic mass is 19.3. The molecule has 178 valence electrons. The van der Waals surface area contributed by atoms with Crippen molar-refractivity contribution in [3.63, 3.8) is 0 Å². The fourth-order valence-electron chi connectivity index (χ4n) is 4.73. The van der Waals surface area contributed by atoms with E-state index in [1.165, 1.54) is 19.1 Å². The van der Waals surface area contributed by atoms with Crippen LogP contribution in [0.15, 0.2) is 48.4 Å². The molecule has 0 unspecified atom stereocenters. The van der Waals surface area contributed by atoms with Gasteiger partial charge in [-0.1, -0.05) is 12.1 Å². The summed E-state index contributed by atoms with van der Waals surface area (Å²) >= 11 is 0. The Morgan fingerprint density at radius 3 is 2.35 bits per heavy atom. The summed E-state index contributed by atoms with van der Waals surface area (Å²) in [4.78, 5) is 28.1. The number of alkyl halides is 2. The van der Waals surface area contributed by atoms with E-state index in [4.69, 9.17) is 5.73 Å². The second-order valence-corrected chi connectivity index (χ2v) is 9.08. The number of carbonyl (C=O) groups is 2. The van der Waals surface area contributed by atoms with Crippen molar-refractivity contribution in [2.24, 2.45) is 11.7 Å². The molecular formula is C26H27F2N3O3. The molecule has 2 heterocycles. The molecule has 6 nitrogen and oxygen atoms in total. The van der Waals surface area contributed by atoms with E-state index < -0.39 is 11.9 Å². The first kappa shape index (κ1) is 23.6. The van der Waals surface area contributed by atoms with Gasteiger partial charge in [0.25, 0.3) is 0 Å². The summed E-state index contributed by atoms with van der Waals surface area (Å²) in [6.45, 7) is 3.66. The van der Waals surface area contributed by atoms with Crippen LogP contribution in [0.25, 0.3) is 27.7 Å². The number of carbonyl (C=O) groups excluding carboxylic acids is 1. The van der Waals surface area contributed by atoms with Crippen LogP contribution in [-0.4, -0.2) is 32.3 Å². The Morgan fingerprint density at radius 1 is 1.15 bits per heavy atom. The van der Waals surface area contributed by atoms with E-state index in [2.05, 4.69) is 4.98 Å². The first-order chi connectivity index (χ1) is 16.1. The van der Waals surface area contributed by atoms with Gasteiger partial charge in [0.05, 0.1) is 16.6 Å². The van der Waals surface area contributed by atoms with E-state index in [9.17, 15) is 23.5 Å². The number of allylic oxidation sites excluding steroid dienone is 2. The number of benzene rings is 1. The molecule has 1 saturated carbocycles. The molecule has 8 heteroatoms. The minimum atomic E-state index is -2.60. The van der Waals surface area contributed by atoms with Gasteiger partial charge >= 0.3 is 5.97 Å². The second-order valence-electron chi connectivity index (χ2n) is 9.08. The molecule has 0 aliphatic heterocycles. The van der Waals surface area contributed by atoms with Crippen LogP contribution in [0.4, 0.5) is 8.78 Å². The van der Waals surface area contributed by atoms with Gasteiger partial charge < -0.3 is 15.4 Å². The number of nitrogens with zero attached hydrogens (tertiary/aromatic N) is 2. The summed E-state index contributed by atoms with van der Waals surface area (Å²) in [7, 11) is 0. The molecule has 1 aliphatic rings. The number of carboxylic acids is 1. The highest BCUT2D eigenvalue weighted by Gasteiger charge is 2.35. The van der Waals surface area contributed by atoms with Crippen molar-refractivity contribution in [2.75, 3.05) is 0 Å². The third-order valence-corrected chi connectivity index (χ3v) is 6.49. The predicted octanol–water partition coefficient (Wildman–Crippen LogP) is 5.51. The van der Waals surface area contributed by atoms with Gasteiger partial charge in [0.15, 0.2) is 5.78 Å². The molecule has 34 heavy (non-hydrogen) atoms. The lowest BCUT2D eigenvalue weighted by Crippen LogP contribution is -2.26. The summed E-state index contributed by atoms with van der Waals surface area (Å²) in [5.41, 5.74) is 10.6. The molecule has 2 aromatic heterocycles. The van der Waals surface area contributed by atoms with Crippen LogP contribution in [0, 0.1) is 5.92 Å². The minimum Gasteiger partial charge on any atom is -0.478 e. The second kappa shape index (κ2) is 9.00. The minimum absolute atomic E-state index is 0.0974. The number of hydrogen-bond acceptors (Lipinski definition) is 4. The first-order valence-corrected chi connectivity index (χ1v) is 11.2. The van der Waals surface area contributed by atoms with Crippen LogP contribution >= 0.6 is 0 Å². The van der Waals surface area contributed by atoms with Crippen LogP contribution in [0.5, 0.6) is 0 Å². The summed E-state index contributed by atoms with van der Waals surface area (Å²) in [5.74, 6) is -3.68. The predicted molar refractivity (Wildman–Crippen MR) is 126 cm³/mol. The van der Waals surface area contributed by atoms with E-state index >= 15 is 0 Å². The van der Waals surface area contributed by atoms with Crippen molar-refractivity contribution < 1.29 is 23.5 Å². The van der Waals surface area contributed by atoms with Gasteiger partial charge in [0.2, 0.25) is 5.92 Å². The molecule has 0 amide bonds. The Bertz CT molecular complexity index is 1280. The average Bonchev–Trinajstić information content (AvgIpc) is 3.12. The van der Waals surface area contributed by atoms with Crippen molar-refractivity contribution in [1.29, 1.82) is 0 Å². The van der Waals surface area contributed by atoms with Gasteiger partial charge in [-0.2, -0.15) is 0 Å². The summed E-state index contributed by atoms with van der Waals surface area (Å²) in [6, 6.07) is 8.39. The Labute approximate surface area is 196 Å². The van der Waals surface area contributed by atoms with Crippen molar-refractivity contribution >= 4 is 28.4 Å². The average molecular weight is 468 g/mol. The van der Waals surface area contributed by atoms with Crippen LogP contribution < -0.4 is 5.73 Å². The van der Waals surface area contributed by atoms with Crippen LogP contribution in [0.1, 0.15) is 55.5 Å². The maximum Gasteiger partial charge on any atom is 0.335 e. The number of pyridine rings is 1. The molecule has 1 fully saturated rings. The topological polar surface area (TPSA) is 98.2 Å². The largest absolute Gasteiger partial charge is 0.478 e. The fraction of sp³-hybridized carbons (Fsp3) is 0.346. The van der Waals surface area contributed by atoms with Gasteiger partial charge in [-0.25, -0.2) is 13.6 Å². The summed E-state index contributed by atoms with van der Waals surface area (Å²) in [6.07, 6.45) is 4.17. The normalized spacial score (nSPS) is 16.9. The number of nitrogens with two attached hydrogens (primary N) is 1. The van der Waals surface area contributed by atoms with Crippen molar-refractivity contribution in [1.82, 2.24) is 9.55 Å². The zero-order chi connectivity index (χ0) is 24.6. The molecule has 4 rings (SSSR count). The Kier molecular flexibility index (Phi) is 6.25. The number of fused-ring (bicyclic) bond motifs is 1. The van der Waals surface area contributed by atoms with E-state index in [0.717, 1.165) is 16.6 Å². The molecule has 3 N–H and O–H groups in total. The number of aromatic nitrogens is 2. The highest BCUT2D eigenvalue weighted by Crippen LogP contribution is 2.38. The number of aromatic carboxylic acids is 1. The van der Waals surface area contributed by atoms with E-state index in [1.54, 1.807) is 25.3 Å². The monoisotopic (exact) mass is 467 g/mol. The number of halogens is 2. The van der Waals surface area contributed by atoms with Gasteiger partial charge in [-0.15, -0.1) is 0 Å². The maximum absolute atomic E-state index is 13.7. The van der Waals surface area contributed by atoms with Gasteiger partial charge in [-0.05, 0) is 56.4 Å². The Hall–Kier alpha value is -3.55. The molecule has 0 radical (unpaired) electrons.